The lowest BCUT2D eigenvalue weighted by molar-refractivity contribution is 0.0515. The van der Waals surface area contributed by atoms with Crippen LogP contribution in [-0.2, 0) is 17.6 Å². The Morgan fingerprint density at radius 3 is 2.59 bits per heavy atom. The van der Waals surface area contributed by atoms with Gasteiger partial charge in [-0.25, -0.2) is 4.79 Å². The third-order valence-electron chi connectivity index (χ3n) is 3.41. The Hall–Kier alpha value is -1.24. The van der Waals surface area contributed by atoms with E-state index in [4.69, 9.17) is 27.9 Å². The van der Waals surface area contributed by atoms with Crippen LogP contribution in [-0.4, -0.2) is 33.2 Å². The van der Waals surface area contributed by atoms with Gasteiger partial charge in [0.25, 0.3) is 0 Å². The van der Waals surface area contributed by atoms with Crippen molar-refractivity contribution in [2.75, 3.05) is 6.61 Å². The van der Waals surface area contributed by atoms with Crippen LogP contribution in [0, 0.1) is 0 Å². The van der Waals surface area contributed by atoms with E-state index in [1.807, 2.05) is 12.1 Å². The highest BCUT2D eigenvalue weighted by molar-refractivity contribution is 8.00. The summed E-state index contributed by atoms with van der Waals surface area (Å²) >= 11 is 13.6. The summed E-state index contributed by atoms with van der Waals surface area (Å²) in [4.78, 5) is 11.8. The number of nitrogens with one attached hydrogen (secondary N) is 1. The number of carbonyl (C=O) groups is 1. The van der Waals surface area contributed by atoms with Gasteiger partial charge < -0.3 is 4.74 Å². The fraction of sp³-hybridized carbons (Fsp3) is 0.357. The van der Waals surface area contributed by atoms with Gasteiger partial charge in [-0.1, -0.05) is 40.2 Å². The summed E-state index contributed by atoms with van der Waals surface area (Å²) < 4.78 is 4.99. The van der Waals surface area contributed by atoms with E-state index in [2.05, 4.69) is 15.4 Å². The lowest BCUT2D eigenvalue weighted by atomic mass is 10.1. The second-order valence-corrected chi connectivity index (χ2v) is 7.00. The summed E-state index contributed by atoms with van der Waals surface area (Å²) in [7, 11) is 0. The second kappa shape index (κ2) is 6.48. The van der Waals surface area contributed by atoms with Crippen LogP contribution in [0.4, 0.5) is 0 Å². The van der Waals surface area contributed by atoms with Crippen LogP contribution in [0.1, 0.15) is 28.5 Å². The van der Waals surface area contributed by atoms with Crippen LogP contribution in [0.2, 0.25) is 10.0 Å². The van der Waals surface area contributed by atoms with Crippen LogP contribution < -0.4 is 0 Å². The van der Waals surface area contributed by atoms with Crippen molar-refractivity contribution in [2.45, 2.75) is 30.0 Å². The van der Waals surface area contributed by atoms with Crippen molar-refractivity contribution in [1.29, 1.82) is 0 Å². The Morgan fingerprint density at radius 2 is 2.00 bits per heavy atom. The average molecular weight is 358 g/mol. The third kappa shape index (κ3) is 3.09. The first kappa shape index (κ1) is 15.6. The zero-order valence-corrected chi connectivity index (χ0v) is 14.1. The highest BCUT2D eigenvalue weighted by Crippen LogP contribution is 2.37. The number of carbonyl (C=O) groups excluding carboxylic acids is 1. The summed E-state index contributed by atoms with van der Waals surface area (Å²) in [6.45, 7) is 2.07. The molecule has 0 saturated carbocycles. The molecule has 1 aromatic heterocycles. The predicted octanol–water partition coefficient (Wildman–Crippen LogP) is 3.55. The monoisotopic (exact) mass is 357 g/mol. The molecule has 22 heavy (non-hydrogen) atoms. The molecule has 0 unspecified atom stereocenters. The van der Waals surface area contributed by atoms with Crippen molar-refractivity contribution >= 4 is 40.9 Å². The van der Waals surface area contributed by atoms with Gasteiger partial charge in [-0.15, -0.1) is 5.10 Å². The van der Waals surface area contributed by atoms with Crippen LogP contribution in [0.15, 0.2) is 17.2 Å². The topological polar surface area (TPSA) is 67.9 Å². The Labute approximate surface area is 141 Å². The highest BCUT2D eigenvalue weighted by atomic mass is 35.5. The van der Waals surface area contributed by atoms with Crippen LogP contribution in [0.5, 0.6) is 0 Å². The summed E-state index contributed by atoms with van der Waals surface area (Å²) in [5.74, 6) is -0.434. The number of thioether (sulfide) groups is 1. The Morgan fingerprint density at radius 1 is 1.36 bits per heavy atom. The second-order valence-electron chi connectivity index (χ2n) is 4.90. The van der Waals surface area contributed by atoms with E-state index in [1.165, 1.54) is 22.9 Å². The van der Waals surface area contributed by atoms with Gasteiger partial charge in [-0.3, -0.25) is 5.10 Å². The Bertz CT molecular complexity index is 689. The lowest BCUT2D eigenvalue weighted by Crippen LogP contribution is -2.08. The molecule has 3 rings (SSSR count). The average Bonchev–Trinajstić information content (AvgIpc) is 3.06. The number of aromatic amines is 1. The summed E-state index contributed by atoms with van der Waals surface area (Å²) in [5.41, 5.74) is 2.68. The number of hydrogen-bond donors (Lipinski definition) is 1. The maximum absolute atomic E-state index is 11.8. The summed E-state index contributed by atoms with van der Waals surface area (Å²) in [5, 5.41) is 12.3. The van der Waals surface area contributed by atoms with E-state index in [9.17, 15) is 4.79 Å². The number of esters is 1. The highest BCUT2D eigenvalue weighted by Gasteiger charge is 2.27. The number of H-pyrrole nitrogens is 1. The van der Waals surface area contributed by atoms with Gasteiger partial charge >= 0.3 is 5.97 Å². The molecule has 2 aromatic rings. The minimum absolute atomic E-state index is 0.266. The van der Waals surface area contributed by atoms with Crippen LogP contribution in [0.3, 0.4) is 0 Å². The first-order valence-electron chi connectivity index (χ1n) is 6.80. The minimum Gasteiger partial charge on any atom is -0.461 e. The van der Waals surface area contributed by atoms with Crippen LogP contribution >= 0.6 is 35.0 Å². The van der Waals surface area contributed by atoms with Gasteiger partial charge in [0, 0.05) is 5.25 Å². The van der Waals surface area contributed by atoms with Gasteiger partial charge in [-0.05, 0) is 43.0 Å². The smallest absolute Gasteiger partial charge is 0.359 e. The quantitative estimate of drug-likeness (QED) is 0.847. The molecule has 1 aromatic carbocycles. The molecule has 1 heterocycles. The summed E-state index contributed by atoms with van der Waals surface area (Å²) in [6.07, 6.45) is 1.71. The van der Waals surface area contributed by atoms with Gasteiger partial charge in [0.2, 0.25) is 0 Å². The molecule has 5 nitrogen and oxygen atoms in total. The fourth-order valence-corrected chi connectivity index (χ4v) is 4.00. The molecule has 1 N–H and O–H groups in total. The van der Waals surface area contributed by atoms with E-state index in [0.29, 0.717) is 27.4 Å². The largest absolute Gasteiger partial charge is 0.461 e. The molecule has 0 fully saturated rings. The minimum atomic E-state index is -0.434. The van der Waals surface area contributed by atoms with Gasteiger partial charge in [0.05, 0.1) is 16.7 Å². The molecule has 0 amide bonds. The molecular formula is C14H13Cl2N3O2S. The third-order valence-corrected chi connectivity index (χ3v) is 5.31. The molecular weight excluding hydrogens is 345 g/mol. The van der Waals surface area contributed by atoms with Crippen molar-refractivity contribution in [1.82, 2.24) is 15.4 Å². The SMILES string of the molecule is CCOC(=O)c1[nH]nnc1SC1Cc2cc(Cl)c(Cl)cc2C1. The molecule has 0 aliphatic heterocycles. The fourth-order valence-electron chi connectivity index (χ4n) is 2.45. The molecule has 0 atom stereocenters. The van der Waals surface area contributed by atoms with Gasteiger partial charge in [0.1, 0.15) is 0 Å². The molecule has 0 bridgehead atoms. The number of nitrogens with zero attached hydrogens (tertiary/aromatic N) is 2. The van der Waals surface area contributed by atoms with E-state index < -0.39 is 5.97 Å². The molecule has 0 radical (unpaired) electrons. The molecule has 1 aliphatic rings. The maximum Gasteiger partial charge on any atom is 0.359 e. The molecule has 8 heteroatoms. The maximum atomic E-state index is 11.8. The van der Waals surface area contributed by atoms with Gasteiger partial charge in [0.15, 0.2) is 10.7 Å². The van der Waals surface area contributed by atoms with Crippen molar-refractivity contribution in [3.8, 4) is 0 Å². The Kier molecular flexibility index (Phi) is 4.61. The van der Waals surface area contributed by atoms with Crippen LogP contribution in [0.25, 0.3) is 0 Å². The van der Waals surface area contributed by atoms with E-state index in [1.54, 1.807) is 6.92 Å². The number of hydrogen-bond acceptors (Lipinski definition) is 5. The molecule has 0 spiro atoms. The number of fused-ring (bicyclic) bond motifs is 1. The van der Waals surface area contributed by atoms with E-state index in [-0.39, 0.29) is 5.25 Å². The first-order valence-corrected chi connectivity index (χ1v) is 8.43. The number of benzene rings is 1. The number of halogens is 2. The van der Waals surface area contributed by atoms with Gasteiger partial charge in [-0.2, -0.15) is 0 Å². The lowest BCUT2D eigenvalue weighted by Gasteiger charge is -2.07. The van der Waals surface area contributed by atoms with E-state index in [0.717, 1.165) is 12.8 Å². The zero-order valence-electron chi connectivity index (χ0n) is 11.7. The number of aromatic nitrogens is 3. The van der Waals surface area contributed by atoms with Crippen molar-refractivity contribution in [3.63, 3.8) is 0 Å². The Balaban J connectivity index is 1.74. The standard InChI is InChI=1S/C14H13Cl2N3O2S/c1-2-21-14(20)12-13(18-19-17-12)22-9-3-7-5-10(15)11(16)6-8(7)4-9/h5-6,9H,2-4H2,1H3,(H,17,18,19). The number of rotatable bonds is 4. The molecule has 0 saturated heterocycles. The van der Waals surface area contributed by atoms with Crippen molar-refractivity contribution in [3.05, 3.63) is 39.0 Å². The van der Waals surface area contributed by atoms with Crippen molar-refractivity contribution < 1.29 is 9.53 Å². The first-order chi connectivity index (χ1) is 10.6. The molecule has 116 valence electrons. The normalized spacial score (nSPS) is 14.1. The zero-order chi connectivity index (χ0) is 15.7. The van der Waals surface area contributed by atoms with Crippen molar-refractivity contribution in [2.24, 2.45) is 0 Å². The van der Waals surface area contributed by atoms with E-state index >= 15 is 0 Å². The predicted molar refractivity (Wildman–Crippen MR) is 85.9 cm³/mol. The molecule has 1 aliphatic carbocycles. The number of ether oxygens (including phenoxy) is 1. The summed E-state index contributed by atoms with van der Waals surface area (Å²) in [6, 6.07) is 3.82.